The number of anilines is 1. The summed E-state index contributed by atoms with van der Waals surface area (Å²) in [5.74, 6) is 0. The number of nitrogens with one attached hydrogen (secondary N) is 1. The molecule has 16 heavy (non-hydrogen) atoms. The van der Waals surface area contributed by atoms with Crippen molar-refractivity contribution in [1.82, 2.24) is 5.32 Å². The fourth-order valence-corrected chi connectivity index (χ4v) is 2.56. The van der Waals surface area contributed by atoms with E-state index in [1.165, 1.54) is 24.2 Å². The number of hydrogen-bond acceptors (Lipinski definition) is 2. The molecule has 2 heteroatoms. The molecule has 0 amide bonds. The van der Waals surface area contributed by atoms with Gasteiger partial charge in [0.05, 0.1) is 0 Å². The molecule has 2 rings (SSSR count). The van der Waals surface area contributed by atoms with Crippen LogP contribution in [-0.4, -0.2) is 26.2 Å². The normalized spacial score (nSPS) is 14.6. The average Bonchev–Trinajstić information content (AvgIpc) is 2.70. The minimum absolute atomic E-state index is 0.612. The molecule has 2 nitrogen and oxygen atoms in total. The Kier molecular flexibility index (Phi) is 3.49. The van der Waals surface area contributed by atoms with Crippen molar-refractivity contribution in [3.63, 3.8) is 0 Å². The van der Waals surface area contributed by atoms with Crippen LogP contribution in [0.15, 0.2) is 18.2 Å². The van der Waals surface area contributed by atoms with Gasteiger partial charge in [0, 0.05) is 18.3 Å². The standard InChI is InChI=1S/C14H22N2/c1-11(2)16-10-8-13-12(7-9-15-3)5-4-6-14(13)16/h4-6,11,15H,7-10H2,1-3H3. The lowest BCUT2D eigenvalue weighted by Gasteiger charge is -2.24. The lowest BCUT2D eigenvalue weighted by molar-refractivity contribution is 0.710. The molecule has 1 aliphatic rings. The first-order chi connectivity index (χ1) is 7.74. The first kappa shape index (κ1) is 11.5. The van der Waals surface area contributed by atoms with E-state index >= 15 is 0 Å². The third kappa shape index (κ3) is 2.07. The van der Waals surface area contributed by atoms with Gasteiger partial charge in [-0.2, -0.15) is 0 Å². The lowest BCUT2D eigenvalue weighted by Crippen LogP contribution is -2.28. The van der Waals surface area contributed by atoms with Crippen LogP contribution in [0.1, 0.15) is 25.0 Å². The van der Waals surface area contributed by atoms with Gasteiger partial charge in [0.25, 0.3) is 0 Å². The van der Waals surface area contributed by atoms with Gasteiger partial charge in [-0.25, -0.2) is 0 Å². The summed E-state index contributed by atoms with van der Waals surface area (Å²) in [4.78, 5) is 2.51. The van der Waals surface area contributed by atoms with Crippen molar-refractivity contribution in [3.8, 4) is 0 Å². The monoisotopic (exact) mass is 218 g/mol. The molecule has 0 radical (unpaired) electrons. The topological polar surface area (TPSA) is 15.3 Å². The molecule has 0 spiro atoms. The van der Waals surface area contributed by atoms with E-state index in [1.54, 1.807) is 5.56 Å². The predicted molar refractivity (Wildman–Crippen MR) is 70.3 cm³/mol. The second-order valence-corrected chi connectivity index (χ2v) is 4.81. The van der Waals surface area contributed by atoms with Gasteiger partial charge < -0.3 is 10.2 Å². The molecule has 0 aromatic heterocycles. The van der Waals surface area contributed by atoms with Crippen molar-refractivity contribution in [2.75, 3.05) is 25.0 Å². The highest BCUT2D eigenvalue weighted by molar-refractivity contribution is 5.61. The van der Waals surface area contributed by atoms with Crippen LogP contribution in [0.5, 0.6) is 0 Å². The Bertz CT molecular complexity index is 358. The van der Waals surface area contributed by atoms with Gasteiger partial charge >= 0.3 is 0 Å². The molecule has 1 aliphatic heterocycles. The smallest absolute Gasteiger partial charge is 0.0404 e. The van der Waals surface area contributed by atoms with Crippen molar-refractivity contribution in [3.05, 3.63) is 29.3 Å². The van der Waals surface area contributed by atoms with E-state index in [9.17, 15) is 0 Å². The first-order valence-electron chi connectivity index (χ1n) is 6.26. The summed E-state index contributed by atoms with van der Waals surface area (Å²) in [7, 11) is 2.02. The predicted octanol–water partition coefficient (Wildman–Crippen LogP) is 2.22. The second-order valence-electron chi connectivity index (χ2n) is 4.81. The average molecular weight is 218 g/mol. The van der Waals surface area contributed by atoms with Gasteiger partial charge in [0.2, 0.25) is 0 Å². The number of fused-ring (bicyclic) bond motifs is 1. The molecule has 0 fully saturated rings. The van der Waals surface area contributed by atoms with Crippen LogP contribution < -0.4 is 10.2 Å². The van der Waals surface area contributed by atoms with Crippen molar-refractivity contribution in [2.24, 2.45) is 0 Å². The molecule has 0 atom stereocenters. The first-order valence-corrected chi connectivity index (χ1v) is 6.26. The van der Waals surface area contributed by atoms with Crippen LogP contribution in [0.25, 0.3) is 0 Å². The van der Waals surface area contributed by atoms with E-state index in [0.717, 1.165) is 13.0 Å². The molecule has 0 bridgehead atoms. The highest BCUT2D eigenvalue weighted by Gasteiger charge is 2.22. The van der Waals surface area contributed by atoms with E-state index in [0.29, 0.717) is 6.04 Å². The third-order valence-electron chi connectivity index (χ3n) is 3.43. The Balaban J connectivity index is 2.25. The zero-order valence-corrected chi connectivity index (χ0v) is 10.6. The Morgan fingerprint density at radius 3 is 2.88 bits per heavy atom. The summed E-state index contributed by atoms with van der Waals surface area (Å²) >= 11 is 0. The summed E-state index contributed by atoms with van der Waals surface area (Å²) < 4.78 is 0. The van der Waals surface area contributed by atoms with Crippen molar-refractivity contribution < 1.29 is 0 Å². The highest BCUT2D eigenvalue weighted by Crippen LogP contribution is 2.32. The lowest BCUT2D eigenvalue weighted by atomic mass is 10.0. The maximum atomic E-state index is 3.23. The molecule has 1 N–H and O–H groups in total. The minimum atomic E-state index is 0.612. The number of likely N-dealkylation sites (N-methyl/N-ethyl adjacent to an activating group) is 1. The molecule has 1 aromatic carbocycles. The minimum Gasteiger partial charge on any atom is -0.369 e. The summed E-state index contributed by atoms with van der Waals surface area (Å²) in [5.41, 5.74) is 4.56. The molecule has 0 saturated carbocycles. The number of benzene rings is 1. The molecule has 0 unspecified atom stereocenters. The Labute approximate surface area is 98.7 Å². The second kappa shape index (κ2) is 4.88. The maximum absolute atomic E-state index is 3.23. The van der Waals surface area contributed by atoms with E-state index in [2.05, 4.69) is 42.3 Å². The van der Waals surface area contributed by atoms with Crippen LogP contribution in [0.2, 0.25) is 0 Å². The fourth-order valence-electron chi connectivity index (χ4n) is 2.56. The van der Waals surface area contributed by atoms with Crippen LogP contribution >= 0.6 is 0 Å². The Hall–Kier alpha value is -1.02. The van der Waals surface area contributed by atoms with E-state index in [4.69, 9.17) is 0 Å². The van der Waals surface area contributed by atoms with Gasteiger partial charge in [-0.15, -0.1) is 0 Å². The SMILES string of the molecule is CNCCc1cccc2c1CCN2C(C)C. The van der Waals surface area contributed by atoms with E-state index in [1.807, 2.05) is 7.05 Å². The number of rotatable bonds is 4. The largest absolute Gasteiger partial charge is 0.369 e. The van der Waals surface area contributed by atoms with Gasteiger partial charge in [-0.1, -0.05) is 12.1 Å². The van der Waals surface area contributed by atoms with Crippen LogP contribution in [0, 0.1) is 0 Å². The van der Waals surface area contributed by atoms with Gasteiger partial charge in [0.15, 0.2) is 0 Å². The fraction of sp³-hybridized carbons (Fsp3) is 0.571. The van der Waals surface area contributed by atoms with Gasteiger partial charge in [0.1, 0.15) is 0 Å². The van der Waals surface area contributed by atoms with E-state index in [-0.39, 0.29) is 0 Å². The van der Waals surface area contributed by atoms with Crippen molar-refractivity contribution in [1.29, 1.82) is 0 Å². The summed E-state index contributed by atoms with van der Waals surface area (Å²) in [5, 5.41) is 3.23. The van der Waals surface area contributed by atoms with E-state index < -0.39 is 0 Å². The third-order valence-corrected chi connectivity index (χ3v) is 3.43. The number of nitrogens with zero attached hydrogens (tertiary/aromatic N) is 1. The molecule has 88 valence electrons. The Morgan fingerprint density at radius 2 is 2.19 bits per heavy atom. The molecular formula is C14H22N2. The summed E-state index contributed by atoms with van der Waals surface area (Å²) in [6, 6.07) is 7.36. The number of hydrogen-bond donors (Lipinski definition) is 1. The van der Waals surface area contributed by atoms with Crippen molar-refractivity contribution >= 4 is 5.69 Å². The van der Waals surface area contributed by atoms with Crippen LogP contribution in [0.3, 0.4) is 0 Å². The zero-order chi connectivity index (χ0) is 11.5. The van der Waals surface area contributed by atoms with Crippen molar-refractivity contribution in [2.45, 2.75) is 32.7 Å². The van der Waals surface area contributed by atoms with Crippen LogP contribution in [0.4, 0.5) is 5.69 Å². The summed E-state index contributed by atoms with van der Waals surface area (Å²) in [6.45, 7) is 6.80. The summed E-state index contributed by atoms with van der Waals surface area (Å²) in [6.07, 6.45) is 2.36. The maximum Gasteiger partial charge on any atom is 0.0404 e. The van der Waals surface area contributed by atoms with Gasteiger partial charge in [-0.3, -0.25) is 0 Å². The zero-order valence-electron chi connectivity index (χ0n) is 10.6. The molecule has 0 aliphatic carbocycles. The molecule has 1 aromatic rings. The molecular weight excluding hydrogens is 196 g/mol. The van der Waals surface area contributed by atoms with Gasteiger partial charge in [-0.05, 0) is 57.5 Å². The highest BCUT2D eigenvalue weighted by atomic mass is 15.2. The Morgan fingerprint density at radius 1 is 1.38 bits per heavy atom. The molecule has 0 saturated heterocycles. The van der Waals surface area contributed by atoms with Crippen LogP contribution in [-0.2, 0) is 12.8 Å². The molecule has 1 heterocycles. The quantitative estimate of drug-likeness (QED) is 0.833.